The van der Waals surface area contributed by atoms with Gasteiger partial charge in [0.25, 0.3) is 0 Å². The van der Waals surface area contributed by atoms with Gasteiger partial charge in [-0.2, -0.15) is 0 Å². The summed E-state index contributed by atoms with van der Waals surface area (Å²) < 4.78 is 6.71. The van der Waals surface area contributed by atoms with Gasteiger partial charge in [-0.3, -0.25) is 0 Å². The number of hydrogen-bond acceptors (Lipinski definition) is 4. The zero-order valence-electron chi connectivity index (χ0n) is 32.0. The topological polar surface area (TPSA) is 51.8 Å². The third kappa shape index (κ3) is 6.43. The van der Waals surface area contributed by atoms with Gasteiger partial charge in [0, 0.05) is 33.0 Å². The molecule has 2 aromatic heterocycles. The summed E-state index contributed by atoms with van der Waals surface area (Å²) in [7, 11) is 0. The zero-order chi connectivity index (χ0) is 39.1. The lowest BCUT2D eigenvalue weighted by Gasteiger charge is -2.11. The monoisotopic (exact) mass is 753 g/mol. The van der Waals surface area contributed by atoms with Crippen LogP contribution in [0.5, 0.6) is 0 Å². The van der Waals surface area contributed by atoms with Gasteiger partial charge in [-0.25, -0.2) is 15.0 Å². The van der Waals surface area contributed by atoms with E-state index >= 15 is 0 Å². The smallest absolute Gasteiger partial charge is 0.164 e. The molecule has 0 amide bonds. The van der Waals surface area contributed by atoms with Crippen LogP contribution >= 0.6 is 0 Å². The molecule has 0 aliphatic carbocycles. The Hall–Kier alpha value is -7.95. The predicted octanol–water partition coefficient (Wildman–Crippen LogP) is 14.6. The van der Waals surface area contributed by atoms with Crippen LogP contribution in [0.15, 0.2) is 217 Å². The van der Waals surface area contributed by atoms with Crippen molar-refractivity contribution in [3.63, 3.8) is 0 Å². The third-order valence-electron chi connectivity index (χ3n) is 11.2. The van der Waals surface area contributed by atoms with E-state index in [1.807, 2.05) is 24.3 Å². The quantitative estimate of drug-likeness (QED) is 0.163. The molecule has 4 heteroatoms. The average molecular weight is 754 g/mol. The first-order valence-electron chi connectivity index (χ1n) is 19.8. The summed E-state index contributed by atoms with van der Waals surface area (Å²) in [6, 6.07) is 74.0. The summed E-state index contributed by atoms with van der Waals surface area (Å²) >= 11 is 0. The molecule has 59 heavy (non-hydrogen) atoms. The number of furan rings is 1. The Morgan fingerprint density at radius 2 is 0.780 bits per heavy atom. The van der Waals surface area contributed by atoms with Crippen LogP contribution in [0.2, 0.25) is 0 Å². The fourth-order valence-electron chi connectivity index (χ4n) is 8.14. The van der Waals surface area contributed by atoms with E-state index in [1.54, 1.807) is 0 Å². The average Bonchev–Trinajstić information content (AvgIpc) is 3.71. The number of hydrogen-bond donors (Lipinski definition) is 0. The molecule has 0 aliphatic heterocycles. The Balaban J connectivity index is 1.03. The molecule has 276 valence electrons. The molecule has 0 fully saturated rings. The van der Waals surface area contributed by atoms with Gasteiger partial charge in [-0.1, -0.05) is 194 Å². The molecule has 11 aromatic rings. The summed E-state index contributed by atoms with van der Waals surface area (Å²) in [5, 5.41) is 4.28. The van der Waals surface area contributed by atoms with Crippen LogP contribution in [0, 0.1) is 0 Å². The number of rotatable bonds is 7. The Morgan fingerprint density at radius 3 is 1.51 bits per heavy atom. The van der Waals surface area contributed by atoms with Crippen LogP contribution in [-0.2, 0) is 0 Å². The second-order valence-electron chi connectivity index (χ2n) is 14.8. The summed E-state index contributed by atoms with van der Waals surface area (Å²) in [6.45, 7) is 0. The minimum absolute atomic E-state index is 0.587. The second-order valence-corrected chi connectivity index (χ2v) is 14.8. The third-order valence-corrected chi connectivity index (χ3v) is 11.2. The van der Waals surface area contributed by atoms with Crippen molar-refractivity contribution >= 4 is 32.7 Å². The summed E-state index contributed by atoms with van der Waals surface area (Å²) in [4.78, 5) is 15.5. The van der Waals surface area contributed by atoms with Crippen LogP contribution in [0.4, 0.5) is 0 Å². The SMILES string of the molecule is c1ccc(-c2ccc(-c3cccc4c3oc3cccc(-c5nc(-c6ccc(-c7cccc(-c8ccccc8)c7)cc6)nc(-c6ccc7ccccc7c6)n5)c34)cc2)cc1. The first kappa shape index (κ1) is 34.3. The fraction of sp³-hybridized carbons (Fsp3) is 0. The highest BCUT2D eigenvalue weighted by Gasteiger charge is 2.20. The molecule has 0 unspecified atom stereocenters. The van der Waals surface area contributed by atoms with Gasteiger partial charge in [0.1, 0.15) is 11.2 Å². The van der Waals surface area contributed by atoms with Crippen molar-refractivity contribution in [3.8, 4) is 78.7 Å². The van der Waals surface area contributed by atoms with E-state index in [1.165, 1.54) is 22.3 Å². The minimum Gasteiger partial charge on any atom is -0.455 e. The molecule has 11 rings (SSSR count). The van der Waals surface area contributed by atoms with Gasteiger partial charge in [-0.05, 0) is 67.9 Å². The predicted molar refractivity (Wildman–Crippen MR) is 243 cm³/mol. The molecular formula is C55H35N3O. The number of aromatic nitrogens is 3. The van der Waals surface area contributed by atoms with Crippen LogP contribution in [0.25, 0.3) is 111 Å². The van der Waals surface area contributed by atoms with Crippen LogP contribution in [-0.4, -0.2) is 15.0 Å². The molecule has 0 bridgehead atoms. The molecule has 4 nitrogen and oxygen atoms in total. The van der Waals surface area contributed by atoms with E-state index in [0.717, 1.165) is 71.7 Å². The van der Waals surface area contributed by atoms with Crippen molar-refractivity contribution in [1.29, 1.82) is 0 Å². The maximum atomic E-state index is 6.71. The molecule has 0 atom stereocenters. The van der Waals surface area contributed by atoms with Crippen molar-refractivity contribution in [3.05, 3.63) is 212 Å². The van der Waals surface area contributed by atoms with E-state index in [0.29, 0.717) is 17.5 Å². The minimum atomic E-state index is 0.587. The maximum Gasteiger partial charge on any atom is 0.164 e. The summed E-state index contributed by atoms with van der Waals surface area (Å²) in [5.41, 5.74) is 13.5. The van der Waals surface area contributed by atoms with Gasteiger partial charge in [0.2, 0.25) is 0 Å². The molecule has 0 saturated carbocycles. The molecule has 2 heterocycles. The summed E-state index contributed by atoms with van der Waals surface area (Å²) in [5.74, 6) is 1.80. The van der Waals surface area contributed by atoms with Gasteiger partial charge in [0.15, 0.2) is 17.5 Å². The highest BCUT2D eigenvalue weighted by Crippen LogP contribution is 2.41. The molecule has 0 aliphatic rings. The van der Waals surface area contributed by atoms with E-state index < -0.39 is 0 Å². The lowest BCUT2D eigenvalue weighted by atomic mass is 9.98. The maximum absolute atomic E-state index is 6.71. The summed E-state index contributed by atoms with van der Waals surface area (Å²) in [6.07, 6.45) is 0. The first-order valence-corrected chi connectivity index (χ1v) is 19.8. The van der Waals surface area contributed by atoms with Crippen molar-refractivity contribution in [1.82, 2.24) is 15.0 Å². The number of para-hydroxylation sites is 1. The lowest BCUT2D eigenvalue weighted by molar-refractivity contribution is 0.670. The molecule has 0 spiro atoms. The molecule has 0 N–H and O–H groups in total. The van der Waals surface area contributed by atoms with Crippen LogP contribution in [0.3, 0.4) is 0 Å². The first-order chi connectivity index (χ1) is 29.2. The van der Waals surface area contributed by atoms with Crippen molar-refractivity contribution < 1.29 is 4.42 Å². The molecular weight excluding hydrogens is 719 g/mol. The van der Waals surface area contributed by atoms with Gasteiger partial charge in [-0.15, -0.1) is 0 Å². The Bertz CT molecular complexity index is 3300. The normalized spacial score (nSPS) is 11.4. The zero-order valence-corrected chi connectivity index (χ0v) is 32.0. The standard InChI is InChI=1S/C55H35N3O/c1-3-12-36(13-4-1)39-24-29-41(30-25-39)47-20-10-21-48-51-49(22-11-23-50(51)59-52(47)48)55-57-53(56-54(58-55)46-33-28-38-16-7-8-17-43(38)35-46)42-31-26-40(27-32-42)45-19-9-18-44(34-45)37-14-5-2-6-15-37/h1-35H. The van der Waals surface area contributed by atoms with Gasteiger partial charge < -0.3 is 4.42 Å². The molecule has 0 saturated heterocycles. The van der Waals surface area contributed by atoms with Crippen LogP contribution < -0.4 is 0 Å². The largest absolute Gasteiger partial charge is 0.455 e. The highest BCUT2D eigenvalue weighted by molar-refractivity contribution is 6.15. The van der Waals surface area contributed by atoms with Crippen molar-refractivity contribution in [2.45, 2.75) is 0 Å². The number of fused-ring (bicyclic) bond motifs is 4. The molecule has 9 aromatic carbocycles. The van der Waals surface area contributed by atoms with E-state index in [9.17, 15) is 0 Å². The van der Waals surface area contributed by atoms with E-state index in [-0.39, 0.29) is 0 Å². The lowest BCUT2D eigenvalue weighted by Crippen LogP contribution is -2.00. The van der Waals surface area contributed by atoms with Crippen LogP contribution in [0.1, 0.15) is 0 Å². The highest BCUT2D eigenvalue weighted by atomic mass is 16.3. The second kappa shape index (κ2) is 14.5. The van der Waals surface area contributed by atoms with E-state index in [2.05, 4.69) is 188 Å². The Labute approximate surface area is 341 Å². The Kier molecular flexibility index (Phi) is 8.45. The molecule has 0 radical (unpaired) electrons. The number of benzene rings is 9. The number of nitrogens with zero attached hydrogens (tertiary/aromatic N) is 3. The van der Waals surface area contributed by atoms with Gasteiger partial charge in [0.05, 0.1) is 0 Å². The van der Waals surface area contributed by atoms with Crippen molar-refractivity contribution in [2.75, 3.05) is 0 Å². The van der Waals surface area contributed by atoms with E-state index in [4.69, 9.17) is 19.4 Å². The Morgan fingerprint density at radius 1 is 0.288 bits per heavy atom. The fourth-order valence-corrected chi connectivity index (χ4v) is 8.14. The van der Waals surface area contributed by atoms with Gasteiger partial charge >= 0.3 is 0 Å². The van der Waals surface area contributed by atoms with Crippen molar-refractivity contribution in [2.24, 2.45) is 0 Å².